The summed E-state index contributed by atoms with van der Waals surface area (Å²) in [5.74, 6) is 0.420. The zero-order valence-electron chi connectivity index (χ0n) is 10.7. The smallest absolute Gasteiger partial charge is 0.267 e. The summed E-state index contributed by atoms with van der Waals surface area (Å²) in [5, 5.41) is 6.85. The van der Waals surface area contributed by atoms with Crippen LogP contribution in [0.3, 0.4) is 0 Å². The van der Waals surface area contributed by atoms with E-state index in [9.17, 15) is 4.79 Å². The van der Waals surface area contributed by atoms with Crippen LogP contribution in [0.25, 0.3) is 0 Å². The Hall–Kier alpha value is -0.950. The molecule has 1 aliphatic heterocycles. The van der Waals surface area contributed by atoms with Gasteiger partial charge in [0, 0.05) is 11.1 Å². The topological polar surface area (TPSA) is 54.0 Å². The Morgan fingerprint density at radius 2 is 2.15 bits per heavy atom. The number of thiazole rings is 1. The molecule has 2 N–H and O–H groups in total. The molecular weight excluding hydrogens is 314 g/mol. The van der Waals surface area contributed by atoms with E-state index < -0.39 is 0 Å². The third kappa shape index (κ3) is 3.20. The molecule has 0 spiro atoms. The van der Waals surface area contributed by atoms with Crippen molar-refractivity contribution in [2.75, 3.05) is 18.4 Å². The maximum atomic E-state index is 12.0. The van der Waals surface area contributed by atoms with Gasteiger partial charge in [0.25, 0.3) is 5.91 Å². The number of halogens is 1. The van der Waals surface area contributed by atoms with Crippen molar-refractivity contribution < 1.29 is 4.79 Å². The molecule has 3 rings (SSSR count). The summed E-state index contributed by atoms with van der Waals surface area (Å²) in [6.45, 7) is 2.11. The second-order valence-corrected chi connectivity index (χ2v) is 7.43. The summed E-state index contributed by atoms with van der Waals surface area (Å²) in [4.78, 5) is 18.2. The van der Waals surface area contributed by atoms with Crippen LogP contribution in [0, 0.1) is 0 Å². The van der Waals surface area contributed by atoms with Crippen LogP contribution in [0.1, 0.15) is 33.3 Å². The SMILES string of the molecule is O=C(Nc1ncc(C2CCNCC2)s1)c1ccc(Cl)s1. The highest BCUT2D eigenvalue weighted by Crippen LogP contribution is 2.32. The standard InChI is InChI=1S/C13H14ClN3OS2/c14-11-2-1-9(19-11)12(18)17-13-16-7-10(20-13)8-3-5-15-6-4-8/h1-2,7-8,15H,3-6H2,(H,16,17,18). The Labute approximate surface area is 130 Å². The number of hydrogen-bond donors (Lipinski definition) is 2. The van der Waals surface area contributed by atoms with E-state index in [1.165, 1.54) is 16.2 Å². The first-order chi connectivity index (χ1) is 9.72. The molecule has 0 unspecified atom stereocenters. The molecule has 3 heterocycles. The summed E-state index contributed by atoms with van der Waals surface area (Å²) in [7, 11) is 0. The molecule has 1 fully saturated rings. The number of amides is 1. The quantitative estimate of drug-likeness (QED) is 0.906. The highest BCUT2D eigenvalue weighted by molar-refractivity contribution is 7.18. The van der Waals surface area contributed by atoms with Crippen molar-refractivity contribution in [3.63, 3.8) is 0 Å². The summed E-state index contributed by atoms with van der Waals surface area (Å²) in [6.07, 6.45) is 4.16. The van der Waals surface area contributed by atoms with Crippen molar-refractivity contribution in [1.29, 1.82) is 0 Å². The van der Waals surface area contributed by atoms with Crippen molar-refractivity contribution >= 4 is 45.3 Å². The fourth-order valence-electron chi connectivity index (χ4n) is 2.23. The maximum absolute atomic E-state index is 12.0. The van der Waals surface area contributed by atoms with Crippen LogP contribution in [0.4, 0.5) is 5.13 Å². The molecule has 1 saturated heterocycles. The summed E-state index contributed by atoms with van der Waals surface area (Å²) >= 11 is 8.67. The highest BCUT2D eigenvalue weighted by Gasteiger charge is 2.18. The fraction of sp³-hybridized carbons (Fsp3) is 0.385. The van der Waals surface area contributed by atoms with Crippen LogP contribution in [-0.4, -0.2) is 24.0 Å². The Morgan fingerprint density at radius 3 is 2.85 bits per heavy atom. The lowest BCUT2D eigenvalue weighted by Crippen LogP contribution is -2.26. The number of aromatic nitrogens is 1. The molecule has 1 amide bonds. The first-order valence-corrected chi connectivity index (χ1v) is 8.46. The molecular formula is C13H14ClN3OS2. The van der Waals surface area contributed by atoms with Crippen LogP contribution < -0.4 is 10.6 Å². The zero-order valence-corrected chi connectivity index (χ0v) is 13.1. The number of carbonyl (C=O) groups is 1. The lowest BCUT2D eigenvalue weighted by atomic mass is 9.97. The van der Waals surface area contributed by atoms with E-state index >= 15 is 0 Å². The van der Waals surface area contributed by atoms with Crippen LogP contribution in [0.2, 0.25) is 4.34 Å². The molecule has 2 aromatic rings. The summed E-state index contributed by atoms with van der Waals surface area (Å²) < 4.78 is 0.615. The average Bonchev–Trinajstić information content (AvgIpc) is 3.09. The number of anilines is 1. The summed E-state index contributed by atoms with van der Waals surface area (Å²) in [6, 6.07) is 3.45. The number of nitrogens with one attached hydrogen (secondary N) is 2. The Morgan fingerprint density at radius 1 is 1.35 bits per heavy atom. The fourth-order valence-corrected chi connectivity index (χ4v) is 4.15. The van der Waals surface area contributed by atoms with Gasteiger partial charge >= 0.3 is 0 Å². The van der Waals surface area contributed by atoms with Crippen molar-refractivity contribution in [1.82, 2.24) is 10.3 Å². The molecule has 2 aromatic heterocycles. The van der Waals surface area contributed by atoms with Gasteiger partial charge in [-0.15, -0.1) is 22.7 Å². The molecule has 106 valence electrons. The molecule has 0 aromatic carbocycles. The van der Waals surface area contributed by atoms with Gasteiger partial charge in [-0.1, -0.05) is 11.6 Å². The van der Waals surface area contributed by atoms with Gasteiger partial charge in [-0.3, -0.25) is 10.1 Å². The molecule has 1 aliphatic rings. The third-order valence-electron chi connectivity index (χ3n) is 3.28. The minimum absolute atomic E-state index is 0.145. The Bertz CT molecular complexity index is 604. The summed E-state index contributed by atoms with van der Waals surface area (Å²) in [5.41, 5.74) is 0. The number of piperidine rings is 1. The monoisotopic (exact) mass is 327 g/mol. The number of nitrogens with zero attached hydrogens (tertiary/aromatic N) is 1. The first kappa shape index (κ1) is 14.0. The highest BCUT2D eigenvalue weighted by atomic mass is 35.5. The van der Waals surface area contributed by atoms with Gasteiger partial charge in [-0.05, 0) is 44.0 Å². The number of thiophene rings is 1. The third-order valence-corrected chi connectivity index (χ3v) is 5.59. The van der Waals surface area contributed by atoms with E-state index in [-0.39, 0.29) is 5.91 Å². The van der Waals surface area contributed by atoms with Crippen LogP contribution >= 0.6 is 34.3 Å². The van der Waals surface area contributed by atoms with Gasteiger partial charge in [0.1, 0.15) is 0 Å². The first-order valence-electron chi connectivity index (χ1n) is 6.45. The normalized spacial score (nSPS) is 16.2. The Balaban J connectivity index is 1.66. The van der Waals surface area contributed by atoms with Gasteiger partial charge in [0.15, 0.2) is 5.13 Å². The molecule has 20 heavy (non-hydrogen) atoms. The molecule has 0 saturated carbocycles. The van der Waals surface area contributed by atoms with Gasteiger partial charge in [0.2, 0.25) is 0 Å². The minimum atomic E-state index is -0.145. The van der Waals surface area contributed by atoms with Gasteiger partial charge in [-0.25, -0.2) is 4.98 Å². The van der Waals surface area contributed by atoms with E-state index in [2.05, 4.69) is 15.6 Å². The van der Waals surface area contributed by atoms with E-state index in [1.54, 1.807) is 23.5 Å². The largest absolute Gasteiger partial charge is 0.317 e. The second-order valence-electron chi connectivity index (χ2n) is 4.65. The van der Waals surface area contributed by atoms with Crippen molar-refractivity contribution in [2.24, 2.45) is 0 Å². The van der Waals surface area contributed by atoms with Crippen molar-refractivity contribution in [3.8, 4) is 0 Å². The lowest BCUT2D eigenvalue weighted by molar-refractivity contribution is 0.103. The Kier molecular flexibility index (Phi) is 4.35. The van der Waals surface area contributed by atoms with E-state index in [1.807, 2.05) is 6.20 Å². The van der Waals surface area contributed by atoms with Crippen LogP contribution in [-0.2, 0) is 0 Å². The lowest BCUT2D eigenvalue weighted by Gasteiger charge is -2.20. The molecule has 0 radical (unpaired) electrons. The van der Waals surface area contributed by atoms with Crippen molar-refractivity contribution in [2.45, 2.75) is 18.8 Å². The van der Waals surface area contributed by atoms with Crippen molar-refractivity contribution in [3.05, 3.63) is 32.4 Å². The second kappa shape index (κ2) is 6.22. The van der Waals surface area contributed by atoms with Crippen LogP contribution in [0.5, 0.6) is 0 Å². The number of hydrogen-bond acceptors (Lipinski definition) is 5. The maximum Gasteiger partial charge on any atom is 0.267 e. The average molecular weight is 328 g/mol. The molecule has 4 nitrogen and oxygen atoms in total. The van der Waals surface area contributed by atoms with E-state index in [0.717, 1.165) is 25.9 Å². The predicted molar refractivity (Wildman–Crippen MR) is 84.2 cm³/mol. The van der Waals surface area contributed by atoms with Gasteiger partial charge in [0.05, 0.1) is 9.21 Å². The predicted octanol–water partition coefficient (Wildman–Crippen LogP) is 3.58. The molecule has 7 heteroatoms. The van der Waals surface area contributed by atoms with Gasteiger partial charge < -0.3 is 5.32 Å². The van der Waals surface area contributed by atoms with E-state index in [0.29, 0.717) is 20.3 Å². The minimum Gasteiger partial charge on any atom is -0.317 e. The van der Waals surface area contributed by atoms with Crippen LogP contribution in [0.15, 0.2) is 18.3 Å². The van der Waals surface area contributed by atoms with Gasteiger partial charge in [-0.2, -0.15) is 0 Å². The van der Waals surface area contributed by atoms with E-state index in [4.69, 9.17) is 11.6 Å². The molecule has 0 atom stereocenters. The molecule has 0 aliphatic carbocycles. The zero-order chi connectivity index (χ0) is 13.9. The number of rotatable bonds is 3. The molecule has 0 bridgehead atoms. The number of carbonyl (C=O) groups excluding carboxylic acids is 1.